The summed E-state index contributed by atoms with van der Waals surface area (Å²) in [6.45, 7) is 10.5. The lowest BCUT2D eigenvalue weighted by Gasteiger charge is -2.24. The van der Waals surface area contributed by atoms with Crippen molar-refractivity contribution in [2.75, 3.05) is 5.32 Å². The fourth-order valence-corrected chi connectivity index (χ4v) is 2.09. The van der Waals surface area contributed by atoms with E-state index in [2.05, 4.69) is 39.9 Å². The van der Waals surface area contributed by atoms with E-state index in [9.17, 15) is 4.79 Å². The number of para-hydroxylation sites is 1. The Kier molecular flexibility index (Phi) is 5.12. The van der Waals surface area contributed by atoms with Gasteiger partial charge in [0.25, 0.3) is 0 Å². The summed E-state index contributed by atoms with van der Waals surface area (Å²) in [4.78, 5) is 12.1. The lowest BCUT2D eigenvalue weighted by atomic mass is 9.85. The third-order valence-electron chi connectivity index (χ3n) is 3.06. The number of hydrogen-bond acceptors (Lipinski definition) is 2. The number of hydrogen-bond donors (Lipinski definition) is 2. The summed E-state index contributed by atoms with van der Waals surface area (Å²) in [5.74, 6) is 0.309. The van der Waals surface area contributed by atoms with E-state index in [1.54, 1.807) is 0 Å². The minimum absolute atomic E-state index is 0.00792. The fraction of sp³-hybridized carbons (Fsp3) is 0.562. The van der Waals surface area contributed by atoms with Gasteiger partial charge < -0.3 is 11.1 Å². The molecule has 0 saturated heterocycles. The van der Waals surface area contributed by atoms with Gasteiger partial charge in [-0.2, -0.15) is 0 Å². The molecular formula is C16H26N2O. The van der Waals surface area contributed by atoms with Crippen molar-refractivity contribution in [2.24, 2.45) is 11.7 Å². The van der Waals surface area contributed by atoms with Gasteiger partial charge in [-0.05, 0) is 29.4 Å². The Balaban J connectivity index is 2.86. The van der Waals surface area contributed by atoms with Crippen molar-refractivity contribution in [3.05, 3.63) is 29.8 Å². The minimum atomic E-state index is -0.451. The SMILES string of the molecule is CC(C)C[C@@H](N)C(=O)Nc1ccccc1C(C)(C)C. The van der Waals surface area contributed by atoms with E-state index in [0.717, 1.165) is 11.3 Å². The van der Waals surface area contributed by atoms with Crippen molar-refractivity contribution in [3.8, 4) is 0 Å². The molecule has 0 fully saturated rings. The molecule has 0 aromatic heterocycles. The van der Waals surface area contributed by atoms with Crippen molar-refractivity contribution < 1.29 is 4.79 Å². The molecule has 0 heterocycles. The van der Waals surface area contributed by atoms with Crippen LogP contribution in [0.4, 0.5) is 5.69 Å². The molecule has 3 N–H and O–H groups in total. The first-order valence-electron chi connectivity index (χ1n) is 6.87. The van der Waals surface area contributed by atoms with Crippen molar-refractivity contribution in [3.63, 3.8) is 0 Å². The second-order valence-electron chi connectivity index (χ2n) is 6.52. The fourth-order valence-electron chi connectivity index (χ4n) is 2.09. The van der Waals surface area contributed by atoms with E-state index in [1.165, 1.54) is 0 Å². The van der Waals surface area contributed by atoms with Crippen molar-refractivity contribution >= 4 is 11.6 Å². The van der Waals surface area contributed by atoms with Crippen LogP contribution in [-0.4, -0.2) is 11.9 Å². The molecule has 19 heavy (non-hydrogen) atoms. The largest absolute Gasteiger partial charge is 0.324 e. The Labute approximate surface area is 116 Å². The van der Waals surface area contributed by atoms with Crippen LogP contribution in [0.5, 0.6) is 0 Å². The van der Waals surface area contributed by atoms with Crippen LogP contribution in [0.25, 0.3) is 0 Å². The molecule has 0 saturated carbocycles. The van der Waals surface area contributed by atoms with E-state index in [4.69, 9.17) is 5.73 Å². The number of nitrogens with two attached hydrogens (primary N) is 1. The molecule has 0 aliphatic carbocycles. The van der Waals surface area contributed by atoms with Gasteiger partial charge in [0.2, 0.25) is 5.91 Å². The predicted molar refractivity (Wildman–Crippen MR) is 81.2 cm³/mol. The van der Waals surface area contributed by atoms with E-state index in [-0.39, 0.29) is 11.3 Å². The molecule has 0 aliphatic rings. The van der Waals surface area contributed by atoms with Crippen LogP contribution >= 0.6 is 0 Å². The third kappa shape index (κ3) is 4.67. The van der Waals surface area contributed by atoms with Gasteiger partial charge in [0, 0.05) is 5.69 Å². The molecule has 1 atom stereocenters. The Hall–Kier alpha value is -1.35. The number of rotatable bonds is 4. The molecule has 1 aromatic carbocycles. The number of carbonyl (C=O) groups is 1. The molecule has 0 radical (unpaired) electrons. The van der Waals surface area contributed by atoms with Gasteiger partial charge in [0.15, 0.2) is 0 Å². The molecule has 0 aliphatic heterocycles. The number of nitrogens with one attached hydrogen (secondary N) is 1. The molecule has 0 spiro atoms. The third-order valence-corrected chi connectivity index (χ3v) is 3.06. The lowest BCUT2D eigenvalue weighted by Crippen LogP contribution is -2.37. The number of carbonyl (C=O) groups excluding carboxylic acids is 1. The summed E-state index contributed by atoms with van der Waals surface area (Å²) in [7, 11) is 0. The first kappa shape index (κ1) is 15.7. The Morgan fingerprint density at radius 3 is 2.37 bits per heavy atom. The zero-order valence-electron chi connectivity index (χ0n) is 12.7. The summed E-state index contributed by atoms with van der Waals surface area (Å²) in [6.07, 6.45) is 0.698. The smallest absolute Gasteiger partial charge is 0.241 e. The maximum Gasteiger partial charge on any atom is 0.241 e. The average molecular weight is 262 g/mol. The molecule has 1 rings (SSSR count). The predicted octanol–water partition coefficient (Wildman–Crippen LogP) is 3.30. The van der Waals surface area contributed by atoms with Crippen LogP contribution < -0.4 is 11.1 Å². The van der Waals surface area contributed by atoms with Crippen LogP contribution in [0.2, 0.25) is 0 Å². The van der Waals surface area contributed by atoms with Gasteiger partial charge in [-0.15, -0.1) is 0 Å². The summed E-state index contributed by atoms with van der Waals surface area (Å²) in [6, 6.07) is 7.45. The monoisotopic (exact) mass is 262 g/mol. The van der Waals surface area contributed by atoms with Crippen LogP contribution in [-0.2, 0) is 10.2 Å². The van der Waals surface area contributed by atoms with Gasteiger partial charge in [0.1, 0.15) is 0 Å². The highest BCUT2D eigenvalue weighted by atomic mass is 16.2. The number of amides is 1. The summed E-state index contributed by atoms with van der Waals surface area (Å²) in [5.41, 5.74) is 7.89. The van der Waals surface area contributed by atoms with Crippen LogP contribution in [0.3, 0.4) is 0 Å². The average Bonchev–Trinajstić information content (AvgIpc) is 2.27. The van der Waals surface area contributed by atoms with Gasteiger partial charge >= 0.3 is 0 Å². The molecule has 3 nitrogen and oxygen atoms in total. The first-order valence-corrected chi connectivity index (χ1v) is 6.87. The zero-order valence-corrected chi connectivity index (χ0v) is 12.7. The van der Waals surface area contributed by atoms with Crippen LogP contribution in [0, 0.1) is 5.92 Å². The second-order valence-corrected chi connectivity index (χ2v) is 6.52. The molecule has 3 heteroatoms. The van der Waals surface area contributed by atoms with Crippen molar-refractivity contribution in [1.82, 2.24) is 0 Å². The summed E-state index contributed by atoms with van der Waals surface area (Å²) >= 11 is 0. The maximum atomic E-state index is 12.1. The van der Waals surface area contributed by atoms with E-state index in [0.29, 0.717) is 12.3 Å². The second kappa shape index (κ2) is 6.20. The van der Waals surface area contributed by atoms with Crippen LogP contribution in [0.1, 0.15) is 46.6 Å². The highest BCUT2D eigenvalue weighted by Gasteiger charge is 2.20. The first-order chi connectivity index (χ1) is 8.71. The van der Waals surface area contributed by atoms with Gasteiger partial charge in [-0.3, -0.25) is 4.79 Å². The Morgan fingerprint density at radius 2 is 1.84 bits per heavy atom. The number of benzene rings is 1. The van der Waals surface area contributed by atoms with Crippen molar-refractivity contribution in [2.45, 2.75) is 52.5 Å². The standard InChI is InChI=1S/C16H26N2O/c1-11(2)10-13(17)15(19)18-14-9-7-6-8-12(14)16(3,4)5/h6-9,11,13H,10,17H2,1-5H3,(H,18,19)/t13-/m1/s1. The van der Waals surface area contributed by atoms with Crippen LogP contribution in [0.15, 0.2) is 24.3 Å². The molecule has 1 amide bonds. The quantitative estimate of drug-likeness (QED) is 0.874. The number of anilines is 1. The van der Waals surface area contributed by atoms with Gasteiger partial charge in [-0.1, -0.05) is 52.8 Å². The summed E-state index contributed by atoms with van der Waals surface area (Å²) in [5, 5.41) is 2.96. The zero-order chi connectivity index (χ0) is 14.6. The van der Waals surface area contributed by atoms with E-state index < -0.39 is 6.04 Å². The molecular weight excluding hydrogens is 236 g/mol. The molecule has 1 aromatic rings. The van der Waals surface area contributed by atoms with E-state index >= 15 is 0 Å². The molecule has 106 valence electrons. The highest BCUT2D eigenvalue weighted by Crippen LogP contribution is 2.29. The Bertz CT molecular complexity index is 433. The van der Waals surface area contributed by atoms with E-state index in [1.807, 2.05) is 24.3 Å². The highest BCUT2D eigenvalue weighted by molar-refractivity contribution is 5.95. The van der Waals surface area contributed by atoms with Crippen molar-refractivity contribution in [1.29, 1.82) is 0 Å². The minimum Gasteiger partial charge on any atom is -0.324 e. The summed E-state index contributed by atoms with van der Waals surface area (Å²) < 4.78 is 0. The maximum absolute atomic E-state index is 12.1. The molecule has 0 unspecified atom stereocenters. The molecule has 0 bridgehead atoms. The van der Waals surface area contributed by atoms with Gasteiger partial charge in [-0.25, -0.2) is 0 Å². The Morgan fingerprint density at radius 1 is 1.26 bits per heavy atom. The normalized spacial score (nSPS) is 13.4. The topological polar surface area (TPSA) is 55.1 Å². The van der Waals surface area contributed by atoms with Gasteiger partial charge in [0.05, 0.1) is 6.04 Å². The lowest BCUT2D eigenvalue weighted by molar-refractivity contribution is -0.117.